The standard InChI is InChI=1S/C11H11NO4/c13-7(14)4-12-10(15)8-5-1-2-6(3-5)9(8)11(12)16/h1-2,5-6,8-9H,3-4H2,(H,13,14)/t5-,6+,8+,9-. The van der Waals surface area contributed by atoms with E-state index < -0.39 is 12.5 Å². The molecule has 5 heteroatoms. The Labute approximate surface area is 91.7 Å². The zero-order chi connectivity index (χ0) is 11.4. The van der Waals surface area contributed by atoms with Gasteiger partial charge in [0, 0.05) is 0 Å². The Morgan fingerprint density at radius 2 is 1.75 bits per heavy atom. The average molecular weight is 221 g/mol. The Kier molecular flexibility index (Phi) is 1.75. The lowest BCUT2D eigenvalue weighted by Crippen LogP contribution is -2.37. The second-order valence-corrected chi connectivity index (χ2v) is 4.66. The SMILES string of the molecule is O=C(O)CN1C(=O)[C@@H]2[C@H](C1=O)[C@H]1C=C[C@@H]2C1. The number of nitrogens with zero attached hydrogens (tertiary/aromatic N) is 1. The van der Waals surface area contributed by atoms with Gasteiger partial charge in [0.2, 0.25) is 11.8 Å². The largest absolute Gasteiger partial charge is 0.480 e. The van der Waals surface area contributed by atoms with Crippen molar-refractivity contribution in [3.05, 3.63) is 12.2 Å². The molecule has 0 unspecified atom stereocenters. The molecule has 0 aromatic heterocycles. The number of amides is 2. The van der Waals surface area contributed by atoms with Crippen molar-refractivity contribution >= 4 is 17.8 Å². The summed E-state index contributed by atoms with van der Waals surface area (Å²) in [6.45, 7) is -0.496. The van der Waals surface area contributed by atoms with Crippen LogP contribution in [-0.2, 0) is 14.4 Å². The van der Waals surface area contributed by atoms with Crippen LogP contribution in [0.5, 0.6) is 0 Å². The summed E-state index contributed by atoms with van der Waals surface area (Å²) in [5.41, 5.74) is 0. The van der Waals surface area contributed by atoms with Crippen molar-refractivity contribution in [2.24, 2.45) is 23.7 Å². The molecule has 2 amide bonds. The first-order valence-electron chi connectivity index (χ1n) is 5.35. The third-order valence-electron chi connectivity index (χ3n) is 3.86. The fourth-order valence-electron chi connectivity index (χ4n) is 3.26. The minimum Gasteiger partial charge on any atom is -0.480 e. The van der Waals surface area contributed by atoms with Crippen molar-refractivity contribution in [1.82, 2.24) is 4.90 Å². The number of fused-ring (bicyclic) bond motifs is 5. The van der Waals surface area contributed by atoms with Crippen molar-refractivity contribution in [2.45, 2.75) is 6.42 Å². The summed E-state index contributed by atoms with van der Waals surface area (Å²) in [5, 5.41) is 8.66. The van der Waals surface area contributed by atoms with E-state index in [1.54, 1.807) is 0 Å². The van der Waals surface area contributed by atoms with Gasteiger partial charge in [-0.3, -0.25) is 19.3 Å². The zero-order valence-electron chi connectivity index (χ0n) is 8.50. The quantitative estimate of drug-likeness (QED) is 0.521. The second-order valence-electron chi connectivity index (χ2n) is 4.66. The number of hydrogen-bond donors (Lipinski definition) is 1. The lowest BCUT2D eigenvalue weighted by Gasteiger charge is -2.14. The number of allylic oxidation sites excluding steroid dienone is 2. The molecule has 4 atom stereocenters. The predicted molar refractivity (Wildman–Crippen MR) is 52.1 cm³/mol. The van der Waals surface area contributed by atoms with Gasteiger partial charge in [-0.15, -0.1) is 0 Å². The van der Waals surface area contributed by atoms with Gasteiger partial charge >= 0.3 is 5.97 Å². The molecule has 1 saturated carbocycles. The van der Waals surface area contributed by atoms with Crippen LogP contribution in [0.2, 0.25) is 0 Å². The first-order valence-corrected chi connectivity index (χ1v) is 5.35. The lowest BCUT2D eigenvalue weighted by atomic mass is 9.85. The first kappa shape index (κ1) is 9.57. The van der Waals surface area contributed by atoms with Crippen molar-refractivity contribution in [3.63, 3.8) is 0 Å². The third-order valence-corrected chi connectivity index (χ3v) is 3.86. The summed E-state index contributed by atoms with van der Waals surface area (Å²) in [7, 11) is 0. The molecule has 3 rings (SSSR count). The molecule has 84 valence electrons. The van der Waals surface area contributed by atoms with E-state index in [9.17, 15) is 14.4 Å². The predicted octanol–water partition coefficient (Wildman–Crippen LogP) is -0.122. The topological polar surface area (TPSA) is 74.7 Å². The molecule has 0 aromatic rings. The molecule has 2 bridgehead atoms. The Morgan fingerprint density at radius 3 is 2.19 bits per heavy atom. The molecule has 5 nitrogen and oxygen atoms in total. The van der Waals surface area contributed by atoms with Crippen LogP contribution < -0.4 is 0 Å². The van der Waals surface area contributed by atoms with Crippen LogP contribution in [0.1, 0.15) is 6.42 Å². The molecule has 1 N–H and O–H groups in total. The molecular weight excluding hydrogens is 210 g/mol. The number of carbonyl (C=O) groups excluding carboxylic acids is 2. The minimum absolute atomic E-state index is 0.144. The molecule has 0 spiro atoms. The first-order chi connectivity index (χ1) is 7.59. The molecule has 0 aromatic carbocycles. The molecule has 0 radical (unpaired) electrons. The summed E-state index contributed by atoms with van der Waals surface area (Å²) >= 11 is 0. The Hall–Kier alpha value is -1.65. The summed E-state index contributed by atoms with van der Waals surface area (Å²) in [6.07, 6.45) is 4.84. The maximum Gasteiger partial charge on any atom is 0.323 e. The third kappa shape index (κ3) is 1.03. The molecular formula is C11H11NO4. The minimum atomic E-state index is -1.14. The molecule has 16 heavy (non-hydrogen) atoms. The van der Waals surface area contributed by atoms with Crippen LogP contribution in [0.4, 0.5) is 0 Å². The van der Waals surface area contributed by atoms with Gasteiger partial charge in [0.1, 0.15) is 6.54 Å². The number of hydrogen-bond acceptors (Lipinski definition) is 3. The Balaban J connectivity index is 1.91. The number of carboxylic acid groups (broad SMARTS) is 1. The van der Waals surface area contributed by atoms with Crippen LogP contribution in [0, 0.1) is 23.7 Å². The van der Waals surface area contributed by atoms with Gasteiger partial charge in [-0.05, 0) is 18.3 Å². The molecule has 2 aliphatic carbocycles. The van der Waals surface area contributed by atoms with Crippen LogP contribution in [0.15, 0.2) is 12.2 Å². The summed E-state index contributed by atoms with van der Waals surface area (Å²) in [4.78, 5) is 35.4. The fourth-order valence-corrected chi connectivity index (χ4v) is 3.26. The number of imide groups is 1. The van der Waals surface area contributed by atoms with E-state index in [1.807, 2.05) is 12.2 Å². The molecule has 1 heterocycles. The van der Waals surface area contributed by atoms with Crippen molar-refractivity contribution in [1.29, 1.82) is 0 Å². The average Bonchev–Trinajstić information content (AvgIpc) is 2.87. The van der Waals surface area contributed by atoms with E-state index in [0.717, 1.165) is 11.3 Å². The van der Waals surface area contributed by atoms with E-state index in [0.29, 0.717) is 0 Å². The Bertz CT molecular complexity index is 398. The van der Waals surface area contributed by atoms with Gasteiger partial charge in [-0.1, -0.05) is 12.2 Å². The smallest absolute Gasteiger partial charge is 0.323 e. The second kappa shape index (κ2) is 2.93. The van der Waals surface area contributed by atoms with Crippen LogP contribution in [0.25, 0.3) is 0 Å². The van der Waals surface area contributed by atoms with E-state index in [4.69, 9.17) is 5.11 Å². The molecule has 3 aliphatic rings. The van der Waals surface area contributed by atoms with Gasteiger partial charge in [-0.2, -0.15) is 0 Å². The van der Waals surface area contributed by atoms with Gasteiger partial charge in [0.05, 0.1) is 11.8 Å². The number of likely N-dealkylation sites (tertiary alicyclic amines) is 1. The highest BCUT2D eigenvalue weighted by molar-refractivity contribution is 6.08. The van der Waals surface area contributed by atoms with Gasteiger partial charge in [0.15, 0.2) is 0 Å². The molecule has 1 saturated heterocycles. The van der Waals surface area contributed by atoms with Crippen molar-refractivity contribution < 1.29 is 19.5 Å². The summed E-state index contributed by atoms with van der Waals surface area (Å²) < 4.78 is 0. The van der Waals surface area contributed by atoms with Crippen LogP contribution in [0.3, 0.4) is 0 Å². The summed E-state index contributed by atoms with van der Waals surface area (Å²) in [6, 6.07) is 0. The van der Waals surface area contributed by atoms with E-state index in [1.165, 1.54) is 0 Å². The van der Waals surface area contributed by atoms with Crippen molar-refractivity contribution in [2.75, 3.05) is 6.54 Å². The van der Waals surface area contributed by atoms with E-state index in [2.05, 4.69) is 0 Å². The van der Waals surface area contributed by atoms with Gasteiger partial charge in [0.25, 0.3) is 0 Å². The number of carboxylic acids is 1. The van der Waals surface area contributed by atoms with Crippen molar-refractivity contribution in [3.8, 4) is 0 Å². The van der Waals surface area contributed by atoms with E-state index in [-0.39, 0.29) is 35.5 Å². The van der Waals surface area contributed by atoms with Gasteiger partial charge in [-0.25, -0.2) is 0 Å². The van der Waals surface area contributed by atoms with Crippen LogP contribution >= 0.6 is 0 Å². The van der Waals surface area contributed by atoms with Gasteiger partial charge < -0.3 is 5.11 Å². The maximum absolute atomic E-state index is 11.9. The molecule has 2 fully saturated rings. The maximum atomic E-state index is 11.9. The number of rotatable bonds is 2. The summed E-state index contributed by atoms with van der Waals surface area (Å²) in [5.74, 6) is -2.02. The normalized spacial score (nSPS) is 39.6. The molecule has 1 aliphatic heterocycles. The highest BCUT2D eigenvalue weighted by Gasteiger charge is 2.59. The highest BCUT2D eigenvalue weighted by atomic mass is 16.4. The zero-order valence-corrected chi connectivity index (χ0v) is 8.50. The fraction of sp³-hybridized carbons (Fsp3) is 0.545. The number of aliphatic carboxylic acids is 1. The van der Waals surface area contributed by atoms with E-state index >= 15 is 0 Å². The van der Waals surface area contributed by atoms with Crippen LogP contribution in [-0.4, -0.2) is 34.3 Å². The number of carbonyl (C=O) groups is 3. The lowest BCUT2D eigenvalue weighted by molar-refractivity contribution is -0.149. The Morgan fingerprint density at radius 1 is 1.25 bits per heavy atom. The monoisotopic (exact) mass is 221 g/mol. The highest BCUT2D eigenvalue weighted by Crippen LogP contribution is 2.52.